The molecule has 0 unspecified atom stereocenters. The lowest BCUT2D eigenvalue weighted by molar-refractivity contribution is 0.473. The van der Waals surface area contributed by atoms with Crippen molar-refractivity contribution in [2.45, 2.75) is 32.9 Å². The van der Waals surface area contributed by atoms with E-state index in [1.165, 1.54) is 5.56 Å². The van der Waals surface area contributed by atoms with Crippen LogP contribution in [0.5, 0.6) is 0 Å². The van der Waals surface area contributed by atoms with Gasteiger partial charge in [-0.05, 0) is 5.92 Å². The van der Waals surface area contributed by atoms with Crippen LogP contribution in [0.2, 0.25) is 0 Å². The number of hydrogen-bond donors (Lipinski definition) is 1. The van der Waals surface area contributed by atoms with Gasteiger partial charge in [-0.3, -0.25) is 14.4 Å². The largest absolute Gasteiger partial charge is 0.352 e. The molecule has 0 saturated carbocycles. The fourth-order valence-corrected chi connectivity index (χ4v) is 2.62. The molecule has 0 radical (unpaired) electrons. The van der Waals surface area contributed by atoms with E-state index in [9.17, 15) is 0 Å². The second-order valence-corrected chi connectivity index (χ2v) is 6.15. The number of hydrogen-bond acceptors (Lipinski definition) is 3. The van der Waals surface area contributed by atoms with Crippen LogP contribution in [0, 0.1) is 0 Å². The Balaban J connectivity index is 0.00000288. The van der Waals surface area contributed by atoms with E-state index in [-0.39, 0.29) is 24.0 Å². The van der Waals surface area contributed by atoms with E-state index in [4.69, 9.17) is 0 Å². The number of aliphatic imine (C=N–C) groups is 1. The standard InChI is InChI=1S/C16H27N7.HI/c1-12(2)15-14(11-23(6)20-15)10-21(4)16(17-3)18-7-13-8-19-22(5)9-13;/h8-9,11-12H,7,10H2,1-6H3,(H,17,18);1H. The highest BCUT2D eigenvalue weighted by Gasteiger charge is 2.15. The van der Waals surface area contributed by atoms with E-state index in [1.54, 1.807) is 11.7 Å². The van der Waals surface area contributed by atoms with Crippen molar-refractivity contribution in [2.24, 2.45) is 19.1 Å². The third-order valence-corrected chi connectivity index (χ3v) is 3.67. The molecular weight excluding hydrogens is 417 g/mol. The Kier molecular flexibility index (Phi) is 7.71. The molecule has 0 fully saturated rings. The summed E-state index contributed by atoms with van der Waals surface area (Å²) in [6.45, 7) is 5.81. The average molecular weight is 445 g/mol. The van der Waals surface area contributed by atoms with Crippen LogP contribution in [0.1, 0.15) is 36.6 Å². The molecule has 2 rings (SSSR count). The SMILES string of the molecule is CN=C(NCc1cnn(C)c1)N(C)Cc1cn(C)nc1C(C)C.I. The van der Waals surface area contributed by atoms with Crippen LogP contribution in [0.25, 0.3) is 0 Å². The van der Waals surface area contributed by atoms with Crippen molar-refractivity contribution in [2.75, 3.05) is 14.1 Å². The normalized spacial score (nSPS) is 11.5. The molecule has 7 nitrogen and oxygen atoms in total. The number of halogens is 1. The van der Waals surface area contributed by atoms with E-state index in [0.29, 0.717) is 12.5 Å². The predicted octanol–water partition coefficient (Wildman–Crippen LogP) is 2.10. The number of aryl methyl sites for hydroxylation is 2. The average Bonchev–Trinajstić information content (AvgIpc) is 3.05. The van der Waals surface area contributed by atoms with E-state index in [1.807, 2.05) is 38.2 Å². The summed E-state index contributed by atoms with van der Waals surface area (Å²) < 4.78 is 3.68. The van der Waals surface area contributed by atoms with Gasteiger partial charge in [-0.1, -0.05) is 13.8 Å². The van der Waals surface area contributed by atoms with Crippen LogP contribution in [0.15, 0.2) is 23.6 Å². The van der Waals surface area contributed by atoms with Crippen LogP contribution in [0.4, 0.5) is 0 Å². The number of guanidine groups is 1. The molecule has 0 aliphatic carbocycles. The van der Waals surface area contributed by atoms with Crippen molar-refractivity contribution < 1.29 is 0 Å². The van der Waals surface area contributed by atoms with Gasteiger partial charge in [-0.25, -0.2) is 0 Å². The molecule has 0 bridgehead atoms. The number of aromatic nitrogens is 4. The van der Waals surface area contributed by atoms with Gasteiger partial charge in [0.15, 0.2) is 5.96 Å². The van der Waals surface area contributed by atoms with Gasteiger partial charge in [0, 0.05) is 64.8 Å². The lowest BCUT2D eigenvalue weighted by Crippen LogP contribution is -2.38. The molecule has 0 aromatic carbocycles. The molecule has 2 aromatic heterocycles. The van der Waals surface area contributed by atoms with Gasteiger partial charge >= 0.3 is 0 Å². The van der Waals surface area contributed by atoms with E-state index < -0.39 is 0 Å². The van der Waals surface area contributed by atoms with Crippen LogP contribution >= 0.6 is 24.0 Å². The highest BCUT2D eigenvalue weighted by Crippen LogP contribution is 2.18. The van der Waals surface area contributed by atoms with Gasteiger partial charge in [0.05, 0.1) is 11.9 Å². The molecule has 134 valence electrons. The monoisotopic (exact) mass is 445 g/mol. The zero-order chi connectivity index (χ0) is 17.0. The van der Waals surface area contributed by atoms with Crippen molar-refractivity contribution in [1.29, 1.82) is 0 Å². The second-order valence-electron chi connectivity index (χ2n) is 6.15. The summed E-state index contributed by atoms with van der Waals surface area (Å²) in [6, 6.07) is 0. The minimum absolute atomic E-state index is 0. The van der Waals surface area contributed by atoms with Crippen molar-refractivity contribution in [1.82, 2.24) is 29.8 Å². The second kappa shape index (κ2) is 9.05. The van der Waals surface area contributed by atoms with Crippen molar-refractivity contribution in [3.05, 3.63) is 35.4 Å². The van der Waals surface area contributed by atoms with Crippen molar-refractivity contribution >= 4 is 29.9 Å². The van der Waals surface area contributed by atoms with Crippen LogP contribution in [0.3, 0.4) is 0 Å². The molecule has 0 aliphatic heterocycles. The first-order valence-electron chi connectivity index (χ1n) is 7.82. The van der Waals surface area contributed by atoms with Gasteiger partial charge < -0.3 is 10.2 Å². The highest BCUT2D eigenvalue weighted by molar-refractivity contribution is 14.0. The van der Waals surface area contributed by atoms with Crippen molar-refractivity contribution in [3.63, 3.8) is 0 Å². The molecule has 0 amide bonds. The summed E-state index contributed by atoms with van der Waals surface area (Å²) in [5.41, 5.74) is 3.50. The highest BCUT2D eigenvalue weighted by atomic mass is 127. The molecule has 2 aromatic rings. The minimum Gasteiger partial charge on any atom is -0.352 e. The zero-order valence-electron chi connectivity index (χ0n) is 15.3. The summed E-state index contributed by atoms with van der Waals surface area (Å²) in [6.07, 6.45) is 5.94. The molecule has 0 saturated heterocycles. The maximum atomic E-state index is 4.56. The maximum Gasteiger partial charge on any atom is 0.193 e. The first kappa shape index (κ1) is 20.5. The molecule has 2 heterocycles. The Hall–Kier alpha value is -1.58. The van der Waals surface area contributed by atoms with E-state index in [0.717, 1.165) is 23.8 Å². The molecule has 0 atom stereocenters. The minimum atomic E-state index is 0. The molecule has 8 heteroatoms. The summed E-state index contributed by atoms with van der Waals surface area (Å²) in [5, 5.41) is 12.1. The fourth-order valence-electron chi connectivity index (χ4n) is 2.62. The Morgan fingerprint density at radius 3 is 2.54 bits per heavy atom. The maximum absolute atomic E-state index is 4.56. The van der Waals surface area contributed by atoms with E-state index >= 15 is 0 Å². The van der Waals surface area contributed by atoms with Gasteiger partial charge in [0.2, 0.25) is 0 Å². The van der Waals surface area contributed by atoms with Gasteiger partial charge in [0.1, 0.15) is 0 Å². The zero-order valence-corrected chi connectivity index (χ0v) is 17.6. The van der Waals surface area contributed by atoms with Crippen LogP contribution < -0.4 is 5.32 Å². The van der Waals surface area contributed by atoms with Gasteiger partial charge in [0.25, 0.3) is 0 Å². The Labute approximate surface area is 161 Å². The summed E-state index contributed by atoms with van der Waals surface area (Å²) in [7, 11) is 7.72. The molecular formula is C16H28IN7. The first-order chi connectivity index (χ1) is 10.9. The molecule has 0 aliphatic rings. The van der Waals surface area contributed by atoms with Crippen LogP contribution in [-0.2, 0) is 27.2 Å². The third-order valence-electron chi connectivity index (χ3n) is 3.67. The van der Waals surface area contributed by atoms with Crippen LogP contribution in [-0.4, -0.2) is 44.5 Å². The molecule has 0 spiro atoms. The Morgan fingerprint density at radius 1 is 1.29 bits per heavy atom. The lowest BCUT2D eigenvalue weighted by Gasteiger charge is -2.22. The summed E-state index contributed by atoms with van der Waals surface area (Å²) in [4.78, 5) is 6.47. The summed E-state index contributed by atoms with van der Waals surface area (Å²) >= 11 is 0. The van der Waals surface area contributed by atoms with Gasteiger partial charge in [-0.15, -0.1) is 24.0 Å². The quantitative estimate of drug-likeness (QED) is 0.435. The Bertz CT molecular complexity index is 672. The molecule has 1 N–H and O–H groups in total. The predicted molar refractivity (Wildman–Crippen MR) is 108 cm³/mol. The first-order valence-corrected chi connectivity index (χ1v) is 7.82. The van der Waals surface area contributed by atoms with E-state index in [2.05, 4.69) is 45.5 Å². The van der Waals surface area contributed by atoms with Gasteiger partial charge in [-0.2, -0.15) is 10.2 Å². The number of rotatable bonds is 5. The number of nitrogens with one attached hydrogen (secondary N) is 1. The third kappa shape index (κ3) is 5.22. The summed E-state index contributed by atoms with van der Waals surface area (Å²) in [5.74, 6) is 1.26. The fraction of sp³-hybridized carbons (Fsp3) is 0.562. The molecule has 24 heavy (non-hydrogen) atoms. The smallest absolute Gasteiger partial charge is 0.193 e. The Morgan fingerprint density at radius 2 is 2.00 bits per heavy atom. The van der Waals surface area contributed by atoms with Crippen molar-refractivity contribution in [3.8, 4) is 0 Å². The lowest BCUT2D eigenvalue weighted by atomic mass is 10.1. The topological polar surface area (TPSA) is 63.3 Å². The number of nitrogens with zero attached hydrogens (tertiary/aromatic N) is 6.